The third-order valence-electron chi connectivity index (χ3n) is 4.04. The Morgan fingerprint density at radius 2 is 1.65 bits per heavy atom. The minimum Gasteiger partial charge on any atom is -0.493 e. The summed E-state index contributed by atoms with van der Waals surface area (Å²) in [5, 5.41) is -0.119. The van der Waals surface area contributed by atoms with Gasteiger partial charge in [0, 0.05) is 6.42 Å². The average molecular weight is 287 g/mol. The highest BCUT2D eigenvalue weighted by atomic mass is 35.5. The molecule has 3 heteroatoms. The summed E-state index contributed by atoms with van der Waals surface area (Å²) < 4.78 is 11.0. The van der Waals surface area contributed by atoms with Crippen LogP contribution in [0.4, 0.5) is 0 Å². The Morgan fingerprint density at radius 1 is 0.900 bits per heavy atom. The first-order valence-corrected chi connectivity index (χ1v) is 7.34. The standard InChI is InChI=1S/C17H15ClO2/c18-17(12-1-2-14-9-19-10-15(14)8-12)13-3-4-16-11(7-13)5-6-20-16/h1-4,7-8,17H,5-6,9-10H2. The summed E-state index contributed by atoms with van der Waals surface area (Å²) in [6.07, 6.45) is 0.977. The van der Waals surface area contributed by atoms with Gasteiger partial charge in [-0.05, 0) is 33.9 Å². The molecular formula is C17H15ClO2. The molecule has 2 nitrogen and oxygen atoms in total. The molecule has 0 aromatic heterocycles. The van der Waals surface area contributed by atoms with Gasteiger partial charge in [0.1, 0.15) is 5.75 Å². The molecule has 0 radical (unpaired) electrons. The molecule has 0 fully saturated rings. The molecule has 0 saturated heterocycles. The van der Waals surface area contributed by atoms with Crippen LogP contribution in [0.25, 0.3) is 0 Å². The van der Waals surface area contributed by atoms with E-state index in [0.29, 0.717) is 6.61 Å². The van der Waals surface area contributed by atoms with Crippen molar-refractivity contribution >= 4 is 11.6 Å². The van der Waals surface area contributed by atoms with Crippen molar-refractivity contribution in [3.8, 4) is 5.75 Å². The molecule has 0 bridgehead atoms. The van der Waals surface area contributed by atoms with E-state index in [1.165, 1.54) is 16.7 Å². The van der Waals surface area contributed by atoms with Crippen molar-refractivity contribution in [2.45, 2.75) is 25.0 Å². The fourth-order valence-electron chi connectivity index (χ4n) is 2.91. The van der Waals surface area contributed by atoms with Gasteiger partial charge in [0.25, 0.3) is 0 Å². The van der Waals surface area contributed by atoms with Gasteiger partial charge < -0.3 is 9.47 Å². The zero-order valence-corrected chi connectivity index (χ0v) is 11.8. The van der Waals surface area contributed by atoms with Gasteiger partial charge in [0.2, 0.25) is 0 Å². The molecule has 0 spiro atoms. The zero-order chi connectivity index (χ0) is 13.5. The van der Waals surface area contributed by atoms with E-state index in [2.05, 4.69) is 30.3 Å². The molecule has 0 amide bonds. The second kappa shape index (κ2) is 4.80. The van der Waals surface area contributed by atoms with E-state index in [1.807, 2.05) is 6.07 Å². The lowest BCUT2D eigenvalue weighted by Gasteiger charge is -2.13. The van der Waals surface area contributed by atoms with Crippen molar-refractivity contribution in [3.05, 3.63) is 64.2 Å². The van der Waals surface area contributed by atoms with Gasteiger partial charge in [-0.3, -0.25) is 0 Å². The molecule has 0 aliphatic carbocycles. The number of benzene rings is 2. The third kappa shape index (κ3) is 2.00. The molecule has 2 aromatic carbocycles. The van der Waals surface area contributed by atoms with Crippen LogP contribution in [0.5, 0.6) is 5.75 Å². The van der Waals surface area contributed by atoms with Gasteiger partial charge in [-0.25, -0.2) is 0 Å². The number of hydrogen-bond donors (Lipinski definition) is 0. The molecule has 2 heterocycles. The number of fused-ring (bicyclic) bond motifs is 2. The molecule has 20 heavy (non-hydrogen) atoms. The Balaban J connectivity index is 1.68. The summed E-state index contributed by atoms with van der Waals surface area (Å²) in [4.78, 5) is 0. The lowest BCUT2D eigenvalue weighted by atomic mass is 9.98. The van der Waals surface area contributed by atoms with Crippen molar-refractivity contribution in [2.24, 2.45) is 0 Å². The minimum atomic E-state index is -0.119. The average Bonchev–Trinajstić information content (AvgIpc) is 3.13. The first-order chi connectivity index (χ1) is 9.81. The highest BCUT2D eigenvalue weighted by Crippen LogP contribution is 2.35. The molecule has 1 atom stereocenters. The van der Waals surface area contributed by atoms with Gasteiger partial charge in [-0.2, -0.15) is 0 Å². The van der Waals surface area contributed by atoms with E-state index in [-0.39, 0.29) is 5.38 Å². The molecule has 0 N–H and O–H groups in total. The van der Waals surface area contributed by atoms with Gasteiger partial charge >= 0.3 is 0 Å². The molecule has 1 unspecified atom stereocenters. The second-order valence-electron chi connectivity index (χ2n) is 5.35. The molecule has 0 saturated carbocycles. The van der Waals surface area contributed by atoms with Crippen LogP contribution in [-0.2, 0) is 24.4 Å². The molecule has 4 rings (SSSR count). The highest BCUT2D eigenvalue weighted by Gasteiger charge is 2.19. The van der Waals surface area contributed by atoms with Crippen molar-refractivity contribution in [2.75, 3.05) is 6.61 Å². The number of hydrogen-bond acceptors (Lipinski definition) is 2. The van der Waals surface area contributed by atoms with Crippen LogP contribution in [0.3, 0.4) is 0 Å². The molecule has 2 aliphatic rings. The van der Waals surface area contributed by atoms with Crippen molar-refractivity contribution < 1.29 is 9.47 Å². The van der Waals surface area contributed by atoms with Gasteiger partial charge in [0.05, 0.1) is 25.2 Å². The smallest absolute Gasteiger partial charge is 0.122 e. The summed E-state index contributed by atoms with van der Waals surface area (Å²) in [6.45, 7) is 2.20. The number of alkyl halides is 1. The van der Waals surface area contributed by atoms with Crippen LogP contribution >= 0.6 is 11.6 Å². The molecule has 102 valence electrons. The number of ether oxygens (including phenoxy) is 2. The Kier molecular flexibility index (Phi) is 2.94. The van der Waals surface area contributed by atoms with Crippen LogP contribution in [0.2, 0.25) is 0 Å². The highest BCUT2D eigenvalue weighted by molar-refractivity contribution is 6.22. The lowest BCUT2D eigenvalue weighted by molar-refractivity contribution is 0.134. The third-order valence-corrected chi connectivity index (χ3v) is 4.55. The molecule has 2 aliphatic heterocycles. The summed E-state index contributed by atoms with van der Waals surface area (Å²) in [6, 6.07) is 12.7. The zero-order valence-electron chi connectivity index (χ0n) is 11.1. The maximum atomic E-state index is 6.65. The predicted octanol–water partition coefficient (Wildman–Crippen LogP) is 3.98. The first kappa shape index (κ1) is 12.2. The Hall–Kier alpha value is -1.51. The second-order valence-corrected chi connectivity index (χ2v) is 5.79. The van der Waals surface area contributed by atoms with E-state index in [9.17, 15) is 0 Å². The first-order valence-electron chi connectivity index (χ1n) is 6.90. The lowest BCUT2D eigenvalue weighted by Crippen LogP contribution is -1.96. The summed E-state index contributed by atoms with van der Waals surface area (Å²) >= 11 is 6.65. The maximum Gasteiger partial charge on any atom is 0.122 e. The Morgan fingerprint density at radius 3 is 2.55 bits per heavy atom. The van der Waals surface area contributed by atoms with E-state index >= 15 is 0 Å². The SMILES string of the molecule is ClC(c1ccc2c(c1)COC2)c1ccc2c(c1)CCO2. The normalized spacial score (nSPS) is 17.4. The largest absolute Gasteiger partial charge is 0.493 e. The van der Waals surface area contributed by atoms with Crippen molar-refractivity contribution in [3.63, 3.8) is 0 Å². The molecule has 2 aromatic rings. The summed E-state index contributed by atoms with van der Waals surface area (Å²) in [5.74, 6) is 1.000. The van der Waals surface area contributed by atoms with E-state index in [1.54, 1.807) is 0 Å². The predicted molar refractivity (Wildman–Crippen MR) is 78.3 cm³/mol. The number of halogens is 1. The number of rotatable bonds is 2. The van der Waals surface area contributed by atoms with Gasteiger partial charge in [-0.1, -0.05) is 30.3 Å². The van der Waals surface area contributed by atoms with Crippen LogP contribution in [-0.4, -0.2) is 6.61 Å². The summed E-state index contributed by atoms with van der Waals surface area (Å²) in [5.41, 5.74) is 6.07. The van der Waals surface area contributed by atoms with Gasteiger partial charge in [0.15, 0.2) is 0 Å². The van der Waals surface area contributed by atoms with Crippen LogP contribution < -0.4 is 4.74 Å². The van der Waals surface area contributed by atoms with Crippen LogP contribution in [0.1, 0.15) is 33.2 Å². The Bertz CT molecular complexity index is 609. The van der Waals surface area contributed by atoms with E-state index < -0.39 is 0 Å². The van der Waals surface area contributed by atoms with Crippen molar-refractivity contribution in [1.29, 1.82) is 0 Å². The van der Waals surface area contributed by atoms with E-state index in [0.717, 1.165) is 36.5 Å². The van der Waals surface area contributed by atoms with E-state index in [4.69, 9.17) is 21.1 Å². The maximum absolute atomic E-state index is 6.65. The minimum absolute atomic E-state index is 0.119. The van der Waals surface area contributed by atoms with Crippen LogP contribution in [0, 0.1) is 0 Å². The summed E-state index contributed by atoms with van der Waals surface area (Å²) in [7, 11) is 0. The van der Waals surface area contributed by atoms with Crippen LogP contribution in [0.15, 0.2) is 36.4 Å². The topological polar surface area (TPSA) is 18.5 Å². The van der Waals surface area contributed by atoms with Crippen molar-refractivity contribution in [1.82, 2.24) is 0 Å². The fraction of sp³-hybridized carbons (Fsp3) is 0.294. The fourth-order valence-corrected chi connectivity index (χ4v) is 3.18. The quantitative estimate of drug-likeness (QED) is 0.778. The monoisotopic (exact) mass is 286 g/mol. The van der Waals surface area contributed by atoms with Gasteiger partial charge in [-0.15, -0.1) is 11.6 Å². The molecular weight excluding hydrogens is 272 g/mol. The Labute approximate surface area is 123 Å².